The van der Waals surface area contributed by atoms with E-state index in [4.69, 9.17) is 9.40 Å². The van der Waals surface area contributed by atoms with Gasteiger partial charge in [0.15, 0.2) is 0 Å². The molecule has 0 saturated carbocycles. The third-order valence-electron chi connectivity index (χ3n) is 3.61. The summed E-state index contributed by atoms with van der Waals surface area (Å²) in [7, 11) is 2.06. The van der Waals surface area contributed by atoms with Crippen LogP contribution in [-0.4, -0.2) is 16.1 Å². The lowest BCUT2D eigenvalue weighted by Gasteiger charge is -2.13. The molecule has 2 heterocycles. The number of benzene rings is 1. The zero-order chi connectivity index (χ0) is 13.9. The van der Waals surface area contributed by atoms with Crippen molar-refractivity contribution >= 4 is 11.0 Å². The summed E-state index contributed by atoms with van der Waals surface area (Å²) in [5, 5.41) is 3.50. The van der Waals surface area contributed by atoms with Crippen LogP contribution in [0.3, 0.4) is 0 Å². The van der Waals surface area contributed by atoms with E-state index in [1.807, 2.05) is 24.3 Å². The van der Waals surface area contributed by atoms with E-state index in [0.717, 1.165) is 30.1 Å². The van der Waals surface area contributed by atoms with Crippen LogP contribution in [0.15, 0.2) is 47.1 Å². The van der Waals surface area contributed by atoms with Crippen LogP contribution in [0.1, 0.15) is 24.6 Å². The molecule has 1 atom stereocenters. The number of rotatable bonds is 5. The third kappa shape index (κ3) is 2.47. The van der Waals surface area contributed by atoms with Gasteiger partial charge in [0.1, 0.15) is 11.6 Å². The lowest BCUT2D eigenvalue weighted by atomic mass is 10.2. The van der Waals surface area contributed by atoms with Crippen LogP contribution in [0.5, 0.6) is 0 Å². The number of nitrogens with one attached hydrogen (secondary N) is 1. The topological polar surface area (TPSA) is 43.0 Å². The van der Waals surface area contributed by atoms with E-state index in [1.54, 1.807) is 6.26 Å². The Morgan fingerprint density at radius 2 is 2.10 bits per heavy atom. The largest absolute Gasteiger partial charge is 0.469 e. The highest BCUT2D eigenvalue weighted by Gasteiger charge is 2.13. The summed E-state index contributed by atoms with van der Waals surface area (Å²) >= 11 is 0. The van der Waals surface area contributed by atoms with Gasteiger partial charge in [-0.05, 0) is 31.2 Å². The van der Waals surface area contributed by atoms with Gasteiger partial charge in [-0.2, -0.15) is 0 Å². The Hall–Kier alpha value is -2.07. The molecule has 0 aliphatic rings. The first kappa shape index (κ1) is 12.9. The Bertz CT molecular complexity index is 685. The molecule has 1 N–H and O–H groups in total. The van der Waals surface area contributed by atoms with Gasteiger partial charge in [-0.15, -0.1) is 0 Å². The first-order valence-electron chi connectivity index (χ1n) is 6.93. The number of hydrogen-bond acceptors (Lipinski definition) is 3. The molecule has 0 aliphatic carbocycles. The van der Waals surface area contributed by atoms with E-state index in [1.165, 1.54) is 5.52 Å². The molecular weight excluding hydrogens is 250 g/mol. The number of aromatic nitrogens is 2. The lowest BCUT2D eigenvalue weighted by Crippen LogP contribution is -2.23. The summed E-state index contributed by atoms with van der Waals surface area (Å²) in [5.74, 6) is 2.07. The van der Waals surface area contributed by atoms with Crippen molar-refractivity contribution in [2.75, 3.05) is 6.54 Å². The summed E-state index contributed by atoms with van der Waals surface area (Å²) in [4.78, 5) is 4.70. The molecule has 4 nitrogen and oxygen atoms in total. The molecule has 0 bridgehead atoms. The van der Waals surface area contributed by atoms with Crippen molar-refractivity contribution in [1.29, 1.82) is 0 Å². The fourth-order valence-corrected chi connectivity index (χ4v) is 2.51. The van der Waals surface area contributed by atoms with Crippen molar-refractivity contribution in [2.45, 2.75) is 19.4 Å². The van der Waals surface area contributed by atoms with Crippen LogP contribution in [0.4, 0.5) is 0 Å². The molecule has 4 heteroatoms. The number of para-hydroxylation sites is 2. The zero-order valence-corrected chi connectivity index (χ0v) is 11.8. The van der Waals surface area contributed by atoms with Crippen LogP contribution >= 0.6 is 0 Å². The molecule has 3 rings (SSSR count). The Labute approximate surface area is 118 Å². The average molecular weight is 269 g/mol. The Kier molecular flexibility index (Phi) is 3.56. The second-order valence-electron chi connectivity index (χ2n) is 5.02. The molecule has 0 fully saturated rings. The number of imidazole rings is 1. The summed E-state index contributed by atoms with van der Waals surface area (Å²) in [6.07, 6.45) is 2.60. The average Bonchev–Trinajstić information content (AvgIpc) is 3.08. The highest BCUT2D eigenvalue weighted by Crippen LogP contribution is 2.19. The number of nitrogens with zero attached hydrogens (tertiary/aromatic N) is 2. The van der Waals surface area contributed by atoms with Gasteiger partial charge in [-0.25, -0.2) is 4.98 Å². The number of fused-ring (bicyclic) bond motifs is 1. The van der Waals surface area contributed by atoms with Gasteiger partial charge in [-0.1, -0.05) is 12.1 Å². The van der Waals surface area contributed by atoms with Crippen LogP contribution in [0, 0.1) is 0 Å². The van der Waals surface area contributed by atoms with Crippen LogP contribution in [-0.2, 0) is 13.5 Å². The van der Waals surface area contributed by atoms with Gasteiger partial charge in [0, 0.05) is 20.0 Å². The molecule has 0 saturated heterocycles. The van der Waals surface area contributed by atoms with Crippen molar-refractivity contribution < 1.29 is 4.42 Å². The minimum absolute atomic E-state index is 0.211. The Morgan fingerprint density at radius 3 is 2.85 bits per heavy atom. The van der Waals surface area contributed by atoms with E-state index in [9.17, 15) is 0 Å². The van der Waals surface area contributed by atoms with Gasteiger partial charge >= 0.3 is 0 Å². The van der Waals surface area contributed by atoms with Crippen molar-refractivity contribution in [1.82, 2.24) is 14.9 Å². The number of aryl methyl sites for hydroxylation is 1. The molecular formula is C16H19N3O. The standard InChI is InChI=1S/C16H19N3O/c1-12(17-10-9-13-6-5-11-20-13)16-18-14-7-3-4-8-15(14)19(16)2/h3-8,11-12,17H,9-10H2,1-2H3. The number of furan rings is 1. The third-order valence-corrected chi connectivity index (χ3v) is 3.61. The fraction of sp³-hybridized carbons (Fsp3) is 0.312. The van der Waals surface area contributed by atoms with Gasteiger partial charge < -0.3 is 14.3 Å². The predicted octanol–water partition coefficient (Wildman–Crippen LogP) is 3.06. The molecule has 0 amide bonds. The van der Waals surface area contributed by atoms with Crippen molar-refractivity contribution in [3.8, 4) is 0 Å². The maximum absolute atomic E-state index is 5.33. The fourth-order valence-electron chi connectivity index (χ4n) is 2.51. The molecule has 0 radical (unpaired) electrons. The monoisotopic (exact) mass is 269 g/mol. The molecule has 3 aromatic rings. The maximum atomic E-state index is 5.33. The smallest absolute Gasteiger partial charge is 0.126 e. The van der Waals surface area contributed by atoms with Crippen LogP contribution in [0.2, 0.25) is 0 Å². The van der Waals surface area contributed by atoms with E-state index in [2.05, 4.69) is 36.0 Å². The summed E-state index contributed by atoms with van der Waals surface area (Å²) in [6, 6.07) is 12.3. The number of hydrogen-bond donors (Lipinski definition) is 1. The van der Waals surface area contributed by atoms with Gasteiger partial charge in [0.2, 0.25) is 0 Å². The quantitative estimate of drug-likeness (QED) is 0.774. The summed E-state index contributed by atoms with van der Waals surface area (Å²) in [5.41, 5.74) is 2.21. The molecule has 0 spiro atoms. The minimum atomic E-state index is 0.211. The maximum Gasteiger partial charge on any atom is 0.126 e. The molecule has 1 aromatic carbocycles. The minimum Gasteiger partial charge on any atom is -0.469 e. The second kappa shape index (κ2) is 5.51. The predicted molar refractivity (Wildman–Crippen MR) is 79.5 cm³/mol. The lowest BCUT2D eigenvalue weighted by molar-refractivity contribution is 0.477. The van der Waals surface area contributed by atoms with Gasteiger partial charge in [-0.3, -0.25) is 0 Å². The van der Waals surface area contributed by atoms with E-state index >= 15 is 0 Å². The van der Waals surface area contributed by atoms with E-state index in [0.29, 0.717) is 0 Å². The SMILES string of the molecule is CC(NCCc1ccco1)c1nc2ccccc2n1C. The highest BCUT2D eigenvalue weighted by atomic mass is 16.3. The van der Waals surface area contributed by atoms with E-state index < -0.39 is 0 Å². The van der Waals surface area contributed by atoms with E-state index in [-0.39, 0.29) is 6.04 Å². The van der Waals surface area contributed by atoms with Gasteiger partial charge in [0.25, 0.3) is 0 Å². The van der Waals surface area contributed by atoms with Crippen LogP contribution < -0.4 is 5.32 Å². The zero-order valence-electron chi connectivity index (χ0n) is 11.8. The second-order valence-corrected chi connectivity index (χ2v) is 5.02. The van der Waals surface area contributed by atoms with Crippen molar-refractivity contribution in [3.05, 3.63) is 54.2 Å². The molecule has 1 unspecified atom stereocenters. The first-order valence-corrected chi connectivity index (χ1v) is 6.93. The van der Waals surface area contributed by atoms with Crippen molar-refractivity contribution in [2.24, 2.45) is 7.05 Å². The Balaban J connectivity index is 1.69. The van der Waals surface area contributed by atoms with Gasteiger partial charge in [0.05, 0.1) is 23.3 Å². The molecule has 104 valence electrons. The molecule has 0 aliphatic heterocycles. The van der Waals surface area contributed by atoms with Crippen molar-refractivity contribution in [3.63, 3.8) is 0 Å². The summed E-state index contributed by atoms with van der Waals surface area (Å²) < 4.78 is 7.48. The van der Waals surface area contributed by atoms with Crippen LogP contribution in [0.25, 0.3) is 11.0 Å². The normalized spacial score (nSPS) is 12.9. The highest BCUT2D eigenvalue weighted by molar-refractivity contribution is 5.75. The summed E-state index contributed by atoms with van der Waals surface area (Å²) in [6.45, 7) is 3.02. The molecule has 20 heavy (non-hydrogen) atoms. The molecule has 2 aromatic heterocycles. The Morgan fingerprint density at radius 1 is 1.25 bits per heavy atom. The first-order chi connectivity index (χ1) is 9.75.